The van der Waals surface area contributed by atoms with Gasteiger partial charge >= 0.3 is 130 Å². The Kier molecular flexibility index (Phi) is 9.19. The topological polar surface area (TPSA) is 182 Å². The van der Waals surface area contributed by atoms with Crippen molar-refractivity contribution in [2.24, 2.45) is 0 Å². The molecule has 0 saturated carbocycles. The zero-order valence-corrected chi connectivity index (χ0v) is 15.0. The van der Waals surface area contributed by atoms with Crippen LogP contribution in [0.15, 0.2) is 24.3 Å². The first-order chi connectivity index (χ1) is 9.93. The van der Waals surface area contributed by atoms with Crippen LogP contribution < -0.4 is 3.51 Å². The van der Waals surface area contributed by atoms with Gasteiger partial charge in [-0.05, 0) is 0 Å². The first-order valence-corrected chi connectivity index (χ1v) is 9.70. The normalized spacial score (nSPS) is 23.5. The Morgan fingerprint density at radius 3 is 2.26 bits per heavy atom. The van der Waals surface area contributed by atoms with E-state index in [9.17, 15) is 20.1 Å². The summed E-state index contributed by atoms with van der Waals surface area (Å²) in [6.45, 7) is 1.53. The van der Waals surface area contributed by atoms with Crippen LogP contribution in [0.5, 0.6) is 0 Å². The molecule has 9 nitrogen and oxygen atoms in total. The number of hydrogen-bond acceptors (Lipinski definition) is 6. The minimum Gasteiger partial charge on any atom is -0.457 e. The van der Waals surface area contributed by atoms with E-state index in [0.29, 0.717) is 0 Å². The Morgan fingerprint density at radius 1 is 1.22 bits per heavy atom. The number of carboxylic acid groups (broad SMARTS) is 1. The zero-order valence-electron chi connectivity index (χ0n) is 12.4. The van der Waals surface area contributed by atoms with Gasteiger partial charge in [-0.1, -0.05) is 0 Å². The van der Waals surface area contributed by atoms with Crippen molar-refractivity contribution in [1.82, 2.24) is 0 Å². The fraction of sp³-hybridized carbons (Fsp3) is 0.462. The van der Waals surface area contributed by atoms with Crippen LogP contribution >= 0.6 is 0 Å². The monoisotopic (exact) mass is 444 g/mol. The molecule has 0 aromatic heterocycles. The van der Waals surface area contributed by atoms with Crippen LogP contribution in [0.1, 0.15) is 5.56 Å². The number of aliphatic hydroxyl groups excluding tert-OH is 3. The van der Waals surface area contributed by atoms with Crippen molar-refractivity contribution in [3.8, 4) is 0 Å². The van der Waals surface area contributed by atoms with E-state index < -0.39 is 58.0 Å². The van der Waals surface area contributed by atoms with Crippen molar-refractivity contribution < 1.29 is 42.2 Å². The van der Waals surface area contributed by atoms with Crippen LogP contribution in [0.25, 0.3) is 0 Å². The summed E-state index contributed by atoms with van der Waals surface area (Å²) in [4.78, 5) is 10.7. The van der Waals surface area contributed by atoms with Gasteiger partial charge < -0.3 is 11.0 Å². The molecule has 0 aliphatic carbocycles. The van der Waals surface area contributed by atoms with Gasteiger partial charge in [-0.25, -0.2) is 0 Å². The van der Waals surface area contributed by atoms with Crippen LogP contribution in [0.2, 0.25) is 0 Å². The molecular weight excluding hydrogens is 422 g/mol. The number of aliphatic carboxylic acids is 1. The largest absolute Gasteiger partial charge is 0.457 e. The minimum absolute atomic E-state index is 0. The molecule has 4 unspecified atom stereocenters. The smallest absolute Gasteiger partial charge is 0.457 e. The summed E-state index contributed by atoms with van der Waals surface area (Å²) in [7, 11) is 0. The first-order valence-electron chi connectivity index (χ1n) is 6.34. The fourth-order valence-corrected chi connectivity index (χ4v) is 6.49. The number of rotatable bonds is 5. The predicted octanol–water partition coefficient (Wildman–Crippen LogP) is -3.57. The average Bonchev–Trinajstić information content (AvgIpc) is 2.90. The molecule has 1 aromatic rings. The van der Waals surface area contributed by atoms with Crippen molar-refractivity contribution >= 4 is 30.5 Å². The van der Waals surface area contributed by atoms with Crippen LogP contribution in [0.3, 0.4) is 0 Å². The van der Waals surface area contributed by atoms with Crippen LogP contribution in [0.4, 0.5) is 0 Å². The molecule has 0 bridgehead atoms. The number of hydrogen-bond donors (Lipinski definition) is 4. The second-order valence-electron chi connectivity index (χ2n) is 4.76. The summed E-state index contributed by atoms with van der Waals surface area (Å²) in [5.41, 5.74) is 1.08. The van der Waals surface area contributed by atoms with E-state index >= 15 is 0 Å². The van der Waals surface area contributed by atoms with E-state index in [0.717, 1.165) is 9.07 Å². The summed E-state index contributed by atoms with van der Waals surface area (Å²) in [6.07, 6.45) is -5.52. The third-order valence-corrected chi connectivity index (χ3v) is 7.77. The molecule has 2 rings (SSSR count). The van der Waals surface area contributed by atoms with Gasteiger partial charge in [-0.3, -0.25) is 0 Å². The second kappa shape index (κ2) is 9.51. The Bertz CT molecular complexity index is 495. The zero-order chi connectivity index (χ0) is 15.6. The van der Waals surface area contributed by atoms with Gasteiger partial charge in [-0.15, -0.1) is 0 Å². The molecule has 1 aromatic carbocycles. The Balaban J connectivity index is 0.00000242. The number of aryl methyl sites for hydroxylation is 1. The summed E-state index contributed by atoms with van der Waals surface area (Å²) >= 11 is -2.83. The second-order valence-corrected chi connectivity index (χ2v) is 8.91. The minimum atomic E-state index is -2.83. The maximum atomic E-state index is 10.7. The molecule has 0 spiro atoms. The van der Waals surface area contributed by atoms with Gasteiger partial charge in [0.15, 0.2) is 0 Å². The molecule has 1 aliphatic rings. The van der Waals surface area contributed by atoms with Gasteiger partial charge in [0.2, 0.25) is 0 Å². The number of benzene rings is 1. The predicted molar refractivity (Wildman–Crippen MR) is 82.8 cm³/mol. The van der Waals surface area contributed by atoms with Crippen LogP contribution in [-0.2, 0) is 21.8 Å². The van der Waals surface area contributed by atoms with Gasteiger partial charge in [0, 0.05) is 0 Å². The van der Waals surface area contributed by atoms with E-state index in [1.807, 2.05) is 31.2 Å². The molecular formula is C13H23O9Sb+2. The van der Waals surface area contributed by atoms with E-state index in [1.54, 1.807) is 0 Å². The molecule has 1 aliphatic heterocycles. The van der Waals surface area contributed by atoms with Crippen molar-refractivity contribution in [3.05, 3.63) is 29.8 Å². The number of carboxylic acids is 1. The Morgan fingerprint density at radius 2 is 1.78 bits per heavy atom. The van der Waals surface area contributed by atoms with Crippen molar-refractivity contribution in [3.63, 3.8) is 0 Å². The maximum Gasteiger partial charge on any atom is -0.457 e. The third kappa shape index (κ3) is 5.10. The maximum absolute atomic E-state index is 10.7. The SMILES string of the molecule is Cc1cc[c]([Sb]2[O]C(CO)C(C(O)C(O)C(=O)O)[O]2)cc1.[OH3+].[OH3+]. The van der Waals surface area contributed by atoms with Gasteiger partial charge in [0.25, 0.3) is 0 Å². The summed E-state index contributed by atoms with van der Waals surface area (Å²) in [5.74, 6) is -1.55. The fourth-order valence-electron chi connectivity index (χ4n) is 1.92. The average molecular weight is 445 g/mol. The van der Waals surface area contributed by atoms with Crippen molar-refractivity contribution in [1.29, 1.82) is 0 Å². The van der Waals surface area contributed by atoms with Crippen molar-refractivity contribution in [2.75, 3.05) is 6.61 Å². The molecule has 1 heterocycles. The molecule has 0 amide bonds. The molecule has 10 N–H and O–H groups in total. The number of aliphatic hydroxyl groups is 3. The summed E-state index contributed by atoms with van der Waals surface area (Å²) in [6, 6.07) is 7.51. The van der Waals surface area contributed by atoms with Gasteiger partial charge in [-0.2, -0.15) is 0 Å². The molecule has 1 fully saturated rings. The standard InChI is InChI=1S/C7H7.C6H10O7.2H2O.Sb/c1-7-5-3-2-4-6-7;7-1-2(8)3(9)4(10)5(11)6(12)13;;;/h3-6H,1H3;2-5,7,10-11H,1H2,(H,12,13);2*1H2;/q;-2;;;+2/p+2. The van der Waals surface area contributed by atoms with E-state index in [1.165, 1.54) is 0 Å². The third-order valence-electron chi connectivity index (χ3n) is 3.15. The molecule has 10 heteroatoms. The quantitative estimate of drug-likeness (QED) is 0.267. The summed E-state index contributed by atoms with van der Waals surface area (Å²) < 4.78 is 12.2. The van der Waals surface area contributed by atoms with Crippen LogP contribution in [-0.4, -0.2) is 78.5 Å². The number of carbonyl (C=O) groups is 1. The van der Waals surface area contributed by atoms with E-state index in [2.05, 4.69) is 0 Å². The molecule has 0 radical (unpaired) electrons. The van der Waals surface area contributed by atoms with Crippen molar-refractivity contribution in [2.45, 2.75) is 31.3 Å². The van der Waals surface area contributed by atoms with Crippen LogP contribution in [0, 0.1) is 6.92 Å². The Labute approximate surface area is 140 Å². The first kappa shape index (κ1) is 22.2. The summed E-state index contributed by atoms with van der Waals surface area (Å²) in [5, 5.41) is 37.3. The van der Waals surface area contributed by atoms with E-state index in [-0.39, 0.29) is 11.0 Å². The molecule has 23 heavy (non-hydrogen) atoms. The van der Waals surface area contributed by atoms with Gasteiger partial charge in [0.05, 0.1) is 0 Å². The van der Waals surface area contributed by atoms with Gasteiger partial charge in [0.1, 0.15) is 0 Å². The molecule has 132 valence electrons. The molecule has 4 atom stereocenters. The Hall–Kier alpha value is -0.772. The molecule has 1 saturated heterocycles. The van der Waals surface area contributed by atoms with E-state index in [4.69, 9.17) is 11.1 Å².